The molecule has 8 nitrogen and oxygen atoms in total. The minimum absolute atomic E-state index is 0.114. The zero-order chi connectivity index (χ0) is 28.2. The minimum Gasteiger partial charge on any atom is -0.336 e. The maximum absolute atomic E-state index is 13.9. The predicted molar refractivity (Wildman–Crippen MR) is 155 cm³/mol. The van der Waals surface area contributed by atoms with Crippen LogP contribution in [0.1, 0.15) is 33.1 Å². The highest BCUT2D eigenvalue weighted by molar-refractivity contribution is 6.09. The Morgan fingerprint density at radius 1 is 0.825 bits per heavy atom. The minimum atomic E-state index is -1.13. The van der Waals surface area contributed by atoms with E-state index < -0.39 is 22.8 Å². The number of carbonyl (C=O) groups is 2. The van der Waals surface area contributed by atoms with Crippen molar-refractivity contribution in [3.05, 3.63) is 135 Å². The number of rotatable bonds is 7. The molecule has 0 saturated carbocycles. The summed E-state index contributed by atoms with van der Waals surface area (Å²) in [5, 5.41) is 17.7. The molecule has 2 N–H and O–H groups in total. The molecule has 0 bridgehead atoms. The number of carbonyl (C=O) groups excluding carboxylic acids is 2. The highest BCUT2D eigenvalue weighted by atomic mass is 16.6. The first-order chi connectivity index (χ1) is 19.3. The van der Waals surface area contributed by atoms with Crippen LogP contribution in [0, 0.1) is 24.0 Å². The van der Waals surface area contributed by atoms with Crippen molar-refractivity contribution in [1.29, 1.82) is 0 Å². The number of benzene rings is 4. The lowest BCUT2D eigenvalue weighted by Crippen LogP contribution is -2.37. The molecular weight excluding hydrogens is 504 g/mol. The number of nitrogens with zero attached hydrogens (tertiary/aromatic N) is 2. The summed E-state index contributed by atoms with van der Waals surface area (Å²) in [5.41, 5.74) is 5.15. The lowest BCUT2D eigenvalue weighted by atomic mass is 10.0. The van der Waals surface area contributed by atoms with Gasteiger partial charge in [-0.2, -0.15) is 0 Å². The van der Waals surface area contributed by atoms with Crippen molar-refractivity contribution in [3.63, 3.8) is 0 Å². The van der Waals surface area contributed by atoms with Crippen molar-refractivity contribution >= 4 is 34.1 Å². The highest BCUT2D eigenvalue weighted by Gasteiger charge is 2.26. The highest BCUT2D eigenvalue weighted by Crippen LogP contribution is 2.27. The van der Waals surface area contributed by atoms with Gasteiger partial charge in [0.25, 0.3) is 17.5 Å². The number of hydrogen-bond donors (Lipinski definition) is 2. The fourth-order valence-corrected chi connectivity index (χ4v) is 4.62. The van der Waals surface area contributed by atoms with Gasteiger partial charge in [0.15, 0.2) is 0 Å². The number of aromatic nitrogens is 1. The van der Waals surface area contributed by atoms with Crippen molar-refractivity contribution in [2.45, 2.75) is 19.9 Å². The van der Waals surface area contributed by atoms with Gasteiger partial charge in [-0.1, -0.05) is 66.7 Å². The second kappa shape index (κ2) is 11.2. The topological polar surface area (TPSA) is 114 Å². The van der Waals surface area contributed by atoms with Gasteiger partial charge in [-0.3, -0.25) is 19.7 Å². The molecule has 0 saturated heterocycles. The second-order valence-corrected chi connectivity index (χ2v) is 9.45. The van der Waals surface area contributed by atoms with Crippen molar-refractivity contribution < 1.29 is 14.5 Å². The van der Waals surface area contributed by atoms with Crippen LogP contribution in [0.3, 0.4) is 0 Å². The average Bonchev–Trinajstić information content (AvgIpc) is 2.97. The standard InChI is InChI=1S/C32H26N4O4/c1-20-9-8-10-21(2)29(20)34-32(38)30(23-15-17-24(18-16-23)36(39)40)35-31(37)26-19-28(22-11-4-3-5-12-22)33-27-14-7-6-13-25(26)27/h3-19,30H,1-2H3,(H,34,38)(H,35,37). The summed E-state index contributed by atoms with van der Waals surface area (Å²) < 4.78 is 0. The molecule has 0 aliphatic rings. The van der Waals surface area contributed by atoms with Crippen LogP contribution >= 0.6 is 0 Å². The summed E-state index contributed by atoms with van der Waals surface area (Å²) in [4.78, 5) is 43.0. The van der Waals surface area contributed by atoms with Gasteiger partial charge in [-0.05, 0) is 54.8 Å². The lowest BCUT2D eigenvalue weighted by Gasteiger charge is -2.21. The Morgan fingerprint density at radius 2 is 1.48 bits per heavy atom. The molecule has 8 heteroatoms. The smallest absolute Gasteiger partial charge is 0.269 e. The van der Waals surface area contributed by atoms with Gasteiger partial charge in [0.05, 0.1) is 21.7 Å². The van der Waals surface area contributed by atoms with Crippen LogP contribution in [-0.4, -0.2) is 21.7 Å². The number of pyridine rings is 1. The van der Waals surface area contributed by atoms with Crippen LogP contribution in [0.5, 0.6) is 0 Å². The van der Waals surface area contributed by atoms with Crippen LogP contribution < -0.4 is 10.6 Å². The van der Waals surface area contributed by atoms with E-state index in [1.165, 1.54) is 24.3 Å². The summed E-state index contributed by atoms with van der Waals surface area (Å²) in [6.45, 7) is 3.77. The van der Waals surface area contributed by atoms with Crippen molar-refractivity contribution in [1.82, 2.24) is 10.3 Å². The summed E-state index contributed by atoms with van der Waals surface area (Å²) >= 11 is 0. The Hall–Kier alpha value is -5.37. The van der Waals surface area contributed by atoms with E-state index in [0.29, 0.717) is 33.4 Å². The number of non-ortho nitro benzene ring substituents is 1. The number of aryl methyl sites for hydroxylation is 2. The van der Waals surface area contributed by atoms with E-state index in [-0.39, 0.29) is 5.69 Å². The van der Waals surface area contributed by atoms with E-state index in [4.69, 9.17) is 4.98 Å². The van der Waals surface area contributed by atoms with Gasteiger partial charge in [0.1, 0.15) is 6.04 Å². The van der Waals surface area contributed by atoms with Gasteiger partial charge in [0, 0.05) is 28.8 Å². The zero-order valence-corrected chi connectivity index (χ0v) is 21.9. The molecule has 5 aromatic rings. The molecule has 0 radical (unpaired) electrons. The molecule has 1 unspecified atom stereocenters. The number of fused-ring (bicyclic) bond motifs is 1. The Bertz CT molecular complexity index is 1710. The van der Waals surface area contributed by atoms with Crippen LogP contribution in [0.25, 0.3) is 22.2 Å². The van der Waals surface area contributed by atoms with E-state index in [1.54, 1.807) is 6.07 Å². The number of hydrogen-bond acceptors (Lipinski definition) is 5. The third-order valence-electron chi connectivity index (χ3n) is 6.73. The molecule has 198 valence electrons. The van der Waals surface area contributed by atoms with E-state index in [0.717, 1.165) is 16.7 Å². The molecule has 1 atom stereocenters. The SMILES string of the molecule is Cc1cccc(C)c1NC(=O)C(NC(=O)c1cc(-c2ccccc2)nc2ccccc12)c1ccc([N+](=O)[O-])cc1. The third-order valence-corrected chi connectivity index (χ3v) is 6.73. The molecule has 0 aliphatic carbocycles. The molecule has 1 aromatic heterocycles. The van der Waals surface area contributed by atoms with Crippen molar-refractivity contribution in [2.75, 3.05) is 5.32 Å². The van der Waals surface area contributed by atoms with Crippen LogP contribution in [-0.2, 0) is 4.79 Å². The lowest BCUT2D eigenvalue weighted by molar-refractivity contribution is -0.384. The fraction of sp³-hybridized carbons (Fsp3) is 0.0938. The second-order valence-electron chi connectivity index (χ2n) is 9.45. The van der Waals surface area contributed by atoms with E-state index in [2.05, 4.69) is 10.6 Å². The average molecular weight is 531 g/mol. The first-order valence-electron chi connectivity index (χ1n) is 12.7. The van der Waals surface area contributed by atoms with Gasteiger partial charge >= 0.3 is 0 Å². The van der Waals surface area contributed by atoms with E-state index in [9.17, 15) is 19.7 Å². The summed E-state index contributed by atoms with van der Waals surface area (Å²) in [7, 11) is 0. The molecule has 0 fully saturated rings. The molecule has 40 heavy (non-hydrogen) atoms. The first-order valence-corrected chi connectivity index (χ1v) is 12.7. The molecular formula is C32H26N4O4. The Morgan fingerprint density at radius 3 is 2.15 bits per heavy atom. The Balaban J connectivity index is 1.55. The fourth-order valence-electron chi connectivity index (χ4n) is 4.62. The zero-order valence-electron chi connectivity index (χ0n) is 21.9. The number of amides is 2. The predicted octanol–water partition coefficient (Wildman–Crippen LogP) is 6.54. The van der Waals surface area contributed by atoms with Crippen LogP contribution in [0.2, 0.25) is 0 Å². The summed E-state index contributed by atoms with van der Waals surface area (Å²) in [6.07, 6.45) is 0. The Labute approximate surface area is 230 Å². The van der Waals surface area contributed by atoms with Crippen molar-refractivity contribution in [3.8, 4) is 11.3 Å². The number of nitrogens with one attached hydrogen (secondary N) is 2. The van der Waals surface area contributed by atoms with Crippen LogP contribution in [0.15, 0.2) is 103 Å². The maximum Gasteiger partial charge on any atom is 0.269 e. The molecule has 4 aromatic carbocycles. The maximum atomic E-state index is 13.9. The molecule has 5 rings (SSSR count). The first kappa shape index (κ1) is 26.2. The monoisotopic (exact) mass is 530 g/mol. The van der Waals surface area contributed by atoms with Gasteiger partial charge in [-0.15, -0.1) is 0 Å². The number of nitro groups is 1. The van der Waals surface area contributed by atoms with Gasteiger partial charge in [-0.25, -0.2) is 4.98 Å². The quantitative estimate of drug-likeness (QED) is 0.183. The number of nitro benzene ring substituents is 1. The van der Waals surface area contributed by atoms with Crippen molar-refractivity contribution in [2.24, 2.45) is 0 Å². The summed E-state index contributed by atoms with van der Waals surface area (Å²) in [6, 6.07) is 28.7. The van der Waals surface area contributed by atoms with E-state index >= 15 is 0 Å². The summed E-state index contributed by atoms with van der Waals surface area (Å²) in [5.74, 6) is -0.947. The number of anilines is 1. The Kier molecular flexibility index (Phi) is 7.33. The third kappa shape index (κ3) is 5.42. The molecule has 0 aliphatic heterocycles. The van der Waals surface area contributed by atoms with Gasteiger partial charge < -0.3 is 10.6 Å². The van der Waals surface area contributed by atoms with E-state index in [1.807, 2.05) is 86.6 Å². The largest absolute Gasteiger partial charge is 0.336 e. The number of para-hydroxylation sites is 2. The molecule has 2 amide bonds. The molecule has 0 spiro atoms. The molecule has 1 heterocycles. The van der Waals surface area contributed by atoms with Crippen LogP contribution in [0.4, 0.5) is 11.4 Å². The normalized spacial score (nSPS) is 11.6. The van der Waals surface area contributed by atoms with Gasteiger partial charge in [0.2, 0.25) is 0 Å².